The fraction of sp³-hybridized carbons (Fsp3) is 0.467. The fourth-order valence-electron chi connectivity index (χ4n) is 3.25. The van der Waals surface area contributed by atoms with Crippen molar-refractivity contribution < 1.29 is 24.4 Å². The highest BCUT2D eigenvalue weighted by Crippen LogP contribution is 2.33. The molecule has 26 heavy (non-hydrogen) atoms. The molecule has 3 rings (SSSR count). The number of methoxy groups -OCH3 is 1. The van der Waals surface area contributed by atoms with Gasteiger partial charge in [-0.15, -0.1) is 0 Å². The number of ether oxygens (including phenoxy) is 1. The van der Waals surface area contributed by atoms with Crippen molar-refractivity contribution in [2.45, 2.75) is 12.8 Å². The summed E-state index contributed by atoms with van der Waals surface area (Å²) in [5, 5.41) is 20.9. The number of hydrogen-bond donors (Lipinski definition) is 1. The van der Waals surface area contributed by atoms with E-state index >= 15 is 0 Å². The Morgan fingerprint density at radius 1 is 1.46 bits per heavy atom. The Morgan fingerprint density at radius 3 is 2.88 bits per heavy atom. The van der Waals surface area contributed by atoms with Gasteiger partial charge in [0.05, 0.1) is 23.3 Å². The third-order valence-corrected chi connectivity index (χ3v) is 5.07. The van der Waals surface area contributed by atoms with Gasteiger partial charge in [-0.3, -0.25) is 19.7 Å². The largest absolute Gasteiger partial charge is 0.481 e. The number of likely N-dealkylation sites (tertiary alicyclic amines) is 1. The zero-order valence-electron chi connectivity index (χ0n) is 13.9. The predicted molar refractivity (Wildman–Crippen MR) is 91.2 cm³/mol. The molecule has 1 aromatic carbocycles. The molecule has 2 heterocycles. The van der Waals surface area contributed by atoms with Gasteiger partial charge < -0.3 is 14.7 Å². The van der Waals surface area contributed by atoms with Crippen molar-refractivity contribution in [2.24, 2.45) is 5.41 Å². The average molecular weight is 380 g/mol. The van der Waals surface area contributed by atoms with Crippen LogP contribution in [0.2, 0.25) is 0 Å². The van der Waals surface area contributed by atoms with E-state index in [1.807, 2.05) is 0 Å². The lowest BCUT2D eigenvalue weighted by molar-refractivity contribution is -0.383. The van der Waals surface area contributed by atoms with E-state index in [1.165, 1.54) is 24.1 Å². The maximum Gasteiger partial charge on any atom is 0.313 e. The van der Waals surface area contributed by atoms with Gasteiger partial charge in [-0.25, -0.2) is 0 Å². The lowest BCUT2D eigenvalue weighted by Gasteiger charge is -2.39. The number of carboxylic acids is 1. The summed E-state index contributed by atoms with van der Waals surface area (Å²) in [7, 11) is 1.41. The summed E-state index contributed by atoms with van der Waals surface area (Å²) >= 11 is 0.827. The summed E-state index contributed by atoms with van der Waals surface area (Å²) in [4.78, 5) is 36.7. The van der Waals surface area contributed by atoms with E-state index in [0.29, 0.717) is 19.4 Å². The Kier molecular flexibility index (Phi) is 4.83. The van der Waals surface area contributed by atoms with Gasteiger partial charge in [0.2, 0.25) is 0 Å². The zero-order chi connectivity index (χ0) is 18.9. The van der Waals surface area contributed by atoms with Crippen LogP contribution < -0.4 is 0 Å². The summed E-state index contributed by atoms with van der Waals surface area (Å²) in [6.07, 6.45) is 0.902. The number of benzene rings is 1. The first-order valence-corrected chi connectivity index (χ1v) is 8.53. The molecule has 10 nitrogen and oxygen atoms in total. The topological polar surface area (TPSA) is 136 Å². The van der Waals surface area contributed by atoms with Gasteiger partial charge in [0.25, 0.3) is 11.6 Å². The molecule has 1 unspecified atom stereocenters. The summed E-state index contributed by atoms with van der Waals surface area (Å²) < 4.78 is 12.9. The number of carbonyl (C=O) groups excluding carboxylic acids is 1. The third-order valence-electron chi connectivity index (χ3n) is 4.52. The van der Waals surface area contributed by atoms with Crippen LogP contribution in [0.3, 0.4) is 0 Å². The van der Waals surface area contributed by atoms with E-state index in [4.69, 9.17) is 4.74 Å². The molecule has 11 heteroatoms. The number of rotatable bonds is 5. The highest BCUT2D eigenvalue weighted by atomic mass is 32.1. The molecule has 1 fully saturated rings. The number of aliphatic carboxylic acids is 1. The highest BCUT2D eigenvalue weighted by molar-refractivity contribution is 7.00. The summed E-state index contributed by atoms with van der Waals surface area (Å²) in [5.41, 5.74) is -0.977. The van der Waals surface area contributed by atoms with Gasteiger partial charge in [0.15, 0.2) is 5.52 Å². The van der Waals surface area contributed by atoms with Crippen LogP contribution in [0.4, 0.5) is 5.69 Å². The van der Waals surface area contributed by atoms with Gasteiger partial charge in [-0.1, -0.05) is 0 Å². The number of piperidine rings is 1. The lowest BCUT2D eigenvalue weighted by Crippen LogP contribution is -2.52. The quantitative estimate of drug-likeness (QED) is 0.609. The SMILES string of the molecule is COCC1(C(=O)O)CCCN(C(=O)c2cc([N+](=O)[O-])c3nsnc3c2)C1. The van der Waals surface area contributed by atoms with Gasteiger partial charge in [0, 0.05) is 31.8 Å². The van der Waals surface area contributed by atoms with E-state index < -0.39 is 22.2 Å². The molecular formula is C15H16N4O6S. The molecule has 1 N–H and O–H groups in total. The van der Waals surface area contributed by atoms with Gasteiger partial charge in [0.1, 0.15) is 10.9 Å². The fourth-order valence-corrected chi connectivity index (χ4v) is 3.79. The standard InChI is InChI=1S/C15H16N4O6S/c1-25-8-15(14(21)22)3-2-4-18(7-15)13(20)9-5-10-12(17-26-16-10)11(6-9)19(23)24/h5-6H,2-4,7-8H2,1H3,(H,21,22). The van der Waals surface area contributed by atoms with E-state index in [9.17, 15) is 24.8 Å². The van der Waals surface area contributed by atoms with Crippen molar-refractivity contribution in [3.05, 3.63) is 27.8 Å². The molecule has 1 aliphatic heterocycles. The van der Waals surface area contributed by atoms with Gasteiger partial charge in [-0.2, -0.15) is 8.75 Å². The Morgan fingerprint density at radius 2 is 2.23 bits per heavy atom. The summed E-state index contributed by atoms with van der Waals surface area (Å²) in [6.45, 7) is 0.343. The van der Waals surface area contributed by atoms with Crippen LogP contribution in [0.1, 0.15) is 23.2 Å². The average Bonchev–Trinajstić information content (AvgIpc) is 3.09. The van der Waals surface area contributed by atoms with Crippen molar-refractivity contribution in [3.63, 3.8) is 0 Å². The van der Waals surface area contributed by atoms with Crippen LogP contribution >= 0.6 is 11.7 Å². The minimum Gasteiger partial charge on any atom is -0.481 e. The number of amides is 1. The van der Waals surface area contributed by atoms with Crippen molar-refractivity contribution >= 4 is 40.3 Å². The molecule has 0 saturated carbocycles. The van der Waals surface area contributed by atoms with Crippen LogP contribution in [-0.2, 0) is 9.53 Å². The number of nitrogens with zero attached hydrogens (tertiary/aromatic N) is 4. The number of fused-ring (bicyclic) bond motifs is 1. The first kappa shape index (κ1) is 18.1. The minimum absolute atomic E-state index is 0.0126. The normalized spacial score (nSPS) is 20.3. The van der Waals surface area contributed by atoms with Crippen LogP contribution in [-0.4, -0.2) is 62.4 Å². The molecule has 1 atom stereocenters. The molecule has 0 aliphatic carbocycles. The number of carbonyl (C=O) groups is 2. The number of aromatic nitrogens is 2. The Labute approximate surface area is 151 Å². The van der Waals surface area contributed by atoms with Crippen molar-refractivity contribution in [1.82, 2.24) is 13.6 Å². The predicted octanol–water partition coefficient (Wildman–Crippen LogP) is 1.55. The van der Waals surface area contributed by atoms with Crippen molar-refractivity contribution in [3.8, 4) is 0 Å². The van der Waals surface area contributed by atoms with Crippen molar-refractivity contribution in [1.29, 1.82) is 0 Å². The number of nitro groups is 1. The highest BCUT2D eigenvalue weighted by Gasteiger charge is 2.44. The lowest BCUT2D eigenvalue weighted by atomic mass is 9.80. The number of hydrogen-bond acceptors (Lipinski definition) is 8. The number of nitro benzene ring substituents is 1. The number of carboxylic acid groups (broad SMARTS) is 1. The van der Waals surface area contributed by atoms with E-state index in [1.54, 1.807) is 0 Å². The molecule has 0 bridgehead atoms. The van der Waals surface area contributed by atoms with E-state index in [2.05, 4.69) is 8.75 Å². The first-order valence-electron chi connectivity index (χ1n) is 7.80. The third kappa shape index (κ3) is 3.10. The molecule has 1 amide bonds. The molecule has 0 spiro atoms. The first-order chi connectivity index (χ1) is 12.4. The molecular weight excluding hydrogens is 364 g/mol. The maximum absolute atomic E-state index is 12.9. The Balaban J connectivity index is 1.95. The van der Waals surface area contributed by atoms with Crippen LogP contribution in [0.25, 0.3) is 11.0 Å². The summed E-state index contributed by atoms with van der Waals surface area (Å²) in [6, 6.07) is 2.61. The van der Waals surface area contributed by atoms with Crippen molar-refractivity contribution in [2.75, 3.05) is 26.8 Å². The van der Waals surface area contributed by atoms with Crippen LogP contribution in [0, 0.1) is 15.5 Å². The van der Waals surface area contributed by atoms with E-state index in [0.717, 1.165) is 11.7 Å². The Bertz CT molecular complexity index is 880. The molecule has 2 aromatic rings. The molecule has 1 aromatic heterocycles. The molecule has 1 saturated heterocycles. The van der Waals surface area contributed by atoms with Gasteiger partial charge >= 0.3 is 5.97 Å². The second-order valence-corrected chi connectivity index (χ2v) is 6.76. The van der Waals surface area contributed by atoms with Crippen LogP contribution in [0.5, 0.6) is 0 Å². The minimum atomic E-state index is -1.18. The second-order valence-electron chi connectivity index (χ2n) is 6.23. The number of non-ortho nitro benzene ring substituents is 1. The summed E-state index contributed by atoms with van der Waals surface area (Å²) in [5.74, 6) is -1.49. The smallest absolute Gasteiger partial charge is 0.313 e. The molecule has 138 valence electrons. The van der Waals surface area contributed by atoms with E-state index in [-0.39, 0.29) is 35.4 Å². The Hall–Kier alpha value is -2.66. The van der Waals surface area contributed by atoms with Crippen LogP contribution in [0.15, 0.2) is 12.1 Å². The molecule has 1 aliphatic rings. The monoisotopic (exact) mass is 380 g/mol. The maximum atomic E-state index is 12.9. The van der Waals surface area contributed by atoms with Gasteiger partial charge in [-0.05, 0) is 18.9 Å². The zero-order valence-corrected chi connectivity index (χ0v) is 14.7. The molecule has 0 radical (unpaired) electrons. The second kappa shape index (κ2) is 6.92.